The highest BCUT2D eigenvalue weighted by Crippen LogP contribution is 2.21. The quantitative estimate of drug-likeness (QED) is 0.350. The molecular formula is C24H18Cl2FN3O2. The minimum absolute atomic E-state index is 0.155. The van der Waals surface area contributed by atoms with Crippen molar-refractivity contribution in [2.45, 2.75) is 13.2 Å². The van der Waals surface area contributed by atoms with Crippen molar-refractivity contribution >= 4 is 34.8 Å². The Balaban J connectivity index is 1.35. The predicted molar refractivity (Wildman–Crippen MR) is 123 cm³/mol. The Labute approximate surface area is 194 Å². The first-order valence-corrected chi connectivity index (χ1v) is 10.5. The van der Waals surface area contributed by atoms with Crippen LogP contribution in [-0.4, -0.2) is 15.7 Å². The van der Waals surface area contributed by atoms with Crippen molar-refractivity contribution in [1.82, 2.24) is 9.78 Å². The molecule has 4 rings (SSSR count). The third kappa shape index (κ3) is 5.46. The second-order valence-electron chi connectivity index (χ2n) is 7.02. The smallest absolute Gasteiger partial charge is 0.255 e. The summed E-state index contributed by atoms with van der Waals surface area (Å²) in [6, 6.07) is 18.8. The van der Waals surface area contributed by atoms with E-state index < -0.39 is 5.82 Å². The molecule has 0 fully saturated rings. The van der Waals surface area contributed by atoms with Gasteiger partial charge in [0, 0.05) is 27.4 Å². The van der Waals surface area contributed by atoms with Gasteiger partial charge >= 0.3 is 0 Å². The highest BCUT2D eigenvalue weighted by molar-refractivity contribution is 6.31. The van der Waals surface area contributed by atoms with Gasteiger partial charge in [0.2, 0.25) is 0 Å². The number of halogens is 3. The van der Waals surface area contributed by atoms with Gasteiger partial charge in [0.15, 0.2) is 0 Å². The molecule has 1 amide bonds. The van der Waals surface area contributed by atoms with Crippen LogP contribution in [0, 0.1) is 5.82 Å². The number of carbonyl (C=O) groups excluding carboxylic acids is 1. The van der Waals surface area contributed by atoms with Crippen molar-refractivity contribution in [3.8, 4) is 5.75 Å². The molecule has 0 radical (unpaired) electrons. The van der Waals surface area contributed by atoms with Gasteiger partial charge in [-0.1, -0.05) is 47.5 Å². The van der Waals surface area contributed by atoms with Crippen LogP contribution in [-0.2, 0) is 13.2 Å². The standard InChI is InChI=1S/C24H18Cl2FN3O2/c25-18-3-1-4-20(11-18)32-15-16-7-9-17(10-8-16)24(31)29-19-12-28-30(13-19)14-21-22(26)5-2-6-23(21)27/h1-13H,14-15H2,(H,29,31). The van der Waals surface area contributed by atoms with Crippen LogP contribution >= 0.6 is 23.2 Å². The molecule has 0 saturated heterocycles. The fourth-order valence-electron chi connectivity index (χ4n) is 3.04. The average Bonchev–Trinajstić information content (AvgIpc) is 3.22. The normalized spacial score (nSPS) is 10.7. The molecule has 32 heavy (non-hydrogen) atoms. The number of hydrogen-bond acceptors (Lipinski definition) is 3. The van der Waals surface area contributed by atoms with E-state index in [2.05, 4.69) is 10.4 Å². The fourth-order valence-corrected chi connectivity index (χ4v) is 3.44. The molecule has 0 aliphatic heterocycles. The Bertz CT molecular complexity index is 1220. The number of aromatic nitrogens is 2. The highest BCUT2D eigenvalue weighted by atomic mass is 35.5. The number of hydrogen-bond donors (Lipinski definition) is 1. The summed E-state index contributed by atoms with van der Waals surface area (Å²) in [5.74, 6) is -0.0122. The second kappa shape index (κ2) is 9.85. The van der Waals surface area contributed by atoms with Gasteiger partial charge in [-0.05, 0) is 48.0 Å². The zero-order valence-corrected chi connectivity index (χ0v) is 18.3. The van der Waals surface area contributed by atoms with Crippen LogP contribution in [0.1, 0.15) is 21.5 Å². The first kappa shape index (κ1) is 21.9. The summed E-state index contributed by atoms with van der Waals surface area (Å²) in [5.41, 5.74) is 2.24. The fraction of sp³-hybridized carbons (Fsp3) is 0.0833. The van der Waals surface area contributed by atoms with Crippen molar-refractivity contribution < 1.29 is 13.9 Å². The van der Waals surface area contributed by atoms with Crippen LogP contribution in [0.5, 0.6) is 5.75 Å². The van der Waals surface area contributed by atoms with Gasteiger partial charge < -0.3 is 10.1 Å². The minimum atomic E-state index is -0.405. The molecule has 0 saturated carbocycles. The summed E-state index contributed by atoms with van der Waals surface area (Å²) in [4.78, 5) is 12.5. The number of nitrogens with zero attached hydrogens (tertiary/aromatic N) is 2. The first-order chi connectivity index (χ1) is 15.5. The summed E-state index contributed by atoms with van der Waals surface area (Å²) in [7, 11) is 0. The zero-order valence-electron chi connectivity index (χ0n) is 16.8. The number of benzene rings is 3. The summed E-state index contributed by atoms with van der Waals surface area (Å²) < 4.78 is 21.2. The maximum atomic E-state index is 14.0. The van der Waals surface area contributed by atoms with Crippen LogP contribution in [0.15, 0.2) is 79.1 Å². The number of nitrogens with one attached hydrogen (secondary N) is 1. The van der Waals surface area contributed by atoms with Gasteiger partial charge in [-0.2, -0.15) is 5.10 Å². The van der Waals surface area contributed by atoms with Gasteiger partial charge in [0.25, 0.3) is 5.91 Å². The molecule has 1 N–H and O–H groups in total. The van der Waals surface area contributed by atoms with Crippen LogP contribution in [0.25, 0.3) is 0 Å². The number of anilines is 1. The SMILES string of the molecule is O=C(Nc1cnn(Cc2c(F)cccc2Cl)c1)c1ccc(COc2cccc(Cl)c2)cc1. The van der Waals surface area contributed by atoms with Gasteiger partial charge in [-0.25, -0.2) is 4.39 Å². The lowest BCUT2D eigenvalue weighted by atomic mass is 10.1. The van der Waals surface area contributed by atoms with E-state index in [1.165, 1.54) is 16.9 Å². The van der Waals surface area contributed by atoms with E-state index in [-0.39, 0.29) is 12.5 Å². The van der Waals surface area contributed by atoms with E-state index in [4.69, 9.17) is 27.9 Å². The van der Waals surface area contributed by atoms with E-state index in [0.717, 1.165) is 5.56 Å². The van der Waals surface area contributed by atoms with Gasteiger partial charge in [-0.15, -0.1) is 0 Å². The molecule has 0 aliphatic rings. The Morgan fingerprint density at radius 1 is 1.06 bits per heavy atom. The van der Waals surface area contributed by atoms with E-state index in [1.54, 1.807) is 42.6 Å². The molecule has 5 nitrogen and oxygen atoms in total. The Kier molecular flexibility index (Phi) is 6.73. The summed E-state index contributed by atoms with van der Waals surface area (Å²) in [5, 5.41) is 7.88. The van der Waals surface area contributed by atoms with Crippen LogP contribution in [0.4, 0.5) is 10.1 Å². The monoisotopic (exact) mass is 469 g/mol. The maximum Gasteiger partial charge on any atom is 0.255 e. The van der Waals surface area contributed by atoms with Gasteiger partial charge in [0.1, 0.15) is 18.2 Å². The molecule has 0 bridgehead atoms. The Hall–Kier alpha value is -3.35. The zero-order chi connectivity index (χ0) is 22.5. The highest BCUT2D eigenvalue weighted by Gasteiger charge is 2.11. The Morgan fingerprint density at radius 2 is 1.84 bits per heavy atom. The lowest BCUT2D eigenvalue weighted by Gasteiger charge is -2.08. The molecule has 3 aromatic carbocycles. The molecular weight excluding hydrogens is 452 g/mol. The van der Waals surface area contributed by atoms with Crippen LogP contribution < -0.4 is 10.1 Å². The largest absolute Gasteiger partial charge is 0.489 e. The lowest BCUT2D eigenvalue weighted by molar-refractivity contribution is 0.102. The third-order valence-corrected chi connectivity index (χ3v) is 5.28. The topological polar surface area (TPSA) is 56.2 Å². The molecule has 0 unspecified atom stereocenters. The molecule has 8 heteroatoms. The van der Waals surface area contributed by atoms with Crippen molar-refractivity contribution in [1.29, 1.82) is 0 Å². The molecule has 1 aromatic heterocycles. The predicted octanol–water partition coefficient (Wildman–Crippen LogP) is 6.21. The molecule has 1 heterocycles. The summed E-state index contributed by atoms with van der Waals surface area (Å²) in [6.07, 6.45) is 3.12. The van der Waals surface area contributed by atoms with E-state index in [9.17, 15) is 9.18 Å². The summed E-state index contributed by atoms with van der Waals surface area (Å²) in [6.45, 7) is 0.510. The lowest BCUT2D eigenvalue weighted by Crippen LogP contribution is -2.11. The van der Waals surface area contributed by atoms with Crippen molar-refractivity contribution in [2.24, 2.45) is 0 Å². The van der Waals surface area contributed by atoms with Crippen LogP contribution in [0.2, 0.25) is 10.0 Å². The van der Waals surface area contributed by atoms with E-state index in [0.29, 0.717) is 39.2 Å². The van der Waals surface area contributed by atoms with Crippen LogP contribution in [0.3, 0.4) is 0 Å². The number of ether oxygens (including phenoxy) is 1. The number of carbonyl (C=O) groups is 1. The molecule has 0 spiro atoms. The molecule has 162 valence electrons. The maximum absolute atomic E-state index is 14.0. The molecule has 0 aliphatic carbocycles. The molecule has 4 aromatic rings. The average molecular weight is 470 g/mol. The van der Waals surface area contributed by atoms with Gasteiger partial charge in [0.05, 0.1) is 18.4 Å². The second-order valence-corrected chi connectivity index (χ2v) is 7.87. The first-order valence-electron chi connectivity index (χ1n) is 9.72. The number of amides is 1. The van der Waals surface area contributed by atoms with Crippen molar-refractivity contribution in [3.63, 3.8) is 0 Å². The Morgan fingerprint density at radius 3 is 2.59 bits per heavy atom. The van der Waals surface area contributed by atoms with Crippen molar-refractivity contribution in [2.75, 3.05) is 5.32 Å². The van der Waals surface area contributed by atoms with E-state index in [1.807, 2.05) is 24.3 Å². The molecule has 0 atom stereocenters. The van der Waals surface area contributed by atoms with E-state index >= 15 is 0 Å². The minimum Gasteiger partial charge on any atom is -0.489 e. The van der Waals surface area contributed by atoms with Crippen molar-refractivity contribution in [3.05, 3.63) is 112 Å². The summed E-state index contributed by atoms with van der Waals surface area (Å²) >= 11 is 12.0. The van der Waals surface area contributed by atoms with Gasteiger partial charge in [-0.3, -0.25) is 9.48 Å². The number of rotatable bonds is 7. The third-order valence-electron chi connectivity index (χ3n) is 4.69.